The number of nitrogens with zero attached hydrogens (tertiary/aromatic N) is 2. The number of aryl methyl sites for hydroxylation is 3. The summed E-state index contributed by atoms with van der Waals surface area (Å²) in [5.74, 6) is 1.67. The van der Waals surface area contributed by atoms with Gasteiger partial charge in [-0.05, 0) is 49.6 Å². The Morgan fingerprint density at radius 1 is 0.906 bits per heavy atom. The number of aromatic nitrogens is 2. The fourth-order valence-electron chi connectivity index (χ4n) is 4.12. The molecule has 0 saturated carbocycles. The van der Waals surface area contributed by atoms with Gasteiger partial charge in [0, 0.05) is 0 Å². The molecule has 0 radical (unpaired) electrons. The van der Waals surface area contributed by atoms with Gasteiger partial charge < -0.3 is 19.1 Å². The molecule has 0 aliphatic carbocycles. The first-order chi connectivity index (χ1) is 15.5. The third kappa shape index (κ3) is 5.18. The quantitative estimate of drug-likeness (QED) is 0.401. The van der Waals surface area contributed by atoms with Gasteiger partial charge in [-0.25, -0.2) is 4.98 Å². The first-order valence-electron chi connectivity index (χ1n) is 11.0. The number of hydrogen-bond acceptors (Lipinski definition) is 4. The Morgan fingerprint density at radius 2 is 1.59 bits per heavy atom. The standard InChI is InChI=1S/C27H30N2O3/c1-19-13-20(2)27(21(3)14-19)32-18-26-28-24-11-7-8-12-25(24)29(26)15-23(30)17-31-16-22-9-5-4-6-10-22/h4-14,23,30H,15-18H2,1-3H3. The lowest BCUT2D eigenvalue weighted by molar-refractivity contribution is 0.0202. The van der Waals surface area contributed by atoms with Crippen molar-refractivity contribution < 1.29 is 14.6 Å². The van der Waals surface area contributed by atoms with Crippen LogP contribution in [0.1, 0.15) is 28.1 Å². The van der Waals surface area contributed by atoms with Crippen molar-refractivity contribution in [1.29, 1.82) is 0 Å². The Labute approximate surface area is 189 Å². The van der Waals surface area contributed by atoms with E-state index < -0.39 is 6.10 Å². The maximum absolute atomic E-state index is 10.7. The van der Waals surface area contributed by atoms with Crippen molar-refractivity contribution in [3.8, 4) is 5.75 Å². The van der Waals surface area contributed by atoms with E-state index in [4.69, 9.17) is 14.5 Å². The number of aliphatic hydroxyl groups excluding tert-OH is 1. The van der Waals surface area contributed by atoms with Crippen LogP contribution in [-0.4, -0.2) is 27.4 Å². The molecule has 4 rings (SSSR count). The van der Waals surface area contributed by atoms with Crippen molar-refractivity contribution in [3.63, 3.8) is 0 Å². The number of para-hydroxylation sites is 2. The second kappa shape index (κ2) is 9.98. The zero-order chi connectivity index (χ0) is 22.5. The van der Waals surface area contributed by atoms with E-state index in [9.17, 15) is 5.11 Å². The van der Waals surface area contributed by atoms with Crippen LogP contribution in [0.2, 0.25) is 0 Å². The SMILES string of the molecule is Cc1cc(C)c(OCc2nc3ccccc3n2CC(O)COCc2ccccc2)c(C)c1. The molecule has 0 spiro atoms. The lowest BCUT2D eigenvalue weighted by Crippen LogP contribution is -2.23. The van der Waals surface area contributed by atoms with Crippen LogP contribution < -0.4 is 4.74 Å². The molecule has 1 unspecified atom stereocenters. The maximum atomic E-state index is 10.7. The van der Waals surface area contributed by atoms with E-state index in [1.807, 2.05) is 59.2 Å². The van der Waals surface area contributed by atoms with E-state index in [0.717, 1.165) is 39.3 Å². The summed E-state index contributed by atoms with van der Waals surface area (Å²) in [7, 11) is 0. The van der Waals surface area contributed by atoms with Crippen LogP contribution in [0.3, 0.4) is 0 Å². The molecule has 3 aromatic carbocycles. The van der Waals surface area contributed by atoms with Gasteiger partial charge in [-0.1, -0.05) is 60.2 Å². The summed E-state index contributed by atoms with van der Waals surface area (Å²) in [5, 5.41) is 10.7. The molecule has 0 fully saturated rings. The molecule has 0 amide bonds. The Morgan fingerprint density at radius 3 is 2.34 bits per heavy atom. The minimum absolute atomic E-state index is 0.248. The number of fused-ring (bicyclic) bond motifs is 1. The fraction of sp³-hybridized carbons (Fsp3) is 0.296. The van der Waals surface area contributed by atoms with E-state index in [-0.39, 0.29) is 6.61 Å². The number of aliphatic hydroxyl groups is 1. The number of imidazole rings is 1. The molecule has 0 bridgehead atoms. The number of ether oxygens (including phenoxy) is 2. The largest absolute Gasteiger partial charge is 0.485 e. The van der Waals surface area contributed by atoms with Crippen molar-refractivity contribution in [1.82, 2.24) is 9.55 Å². The molecule has 1 aromatic heterocycles. The summed E-state index contributed by atoms with van der Waals surface area (Å²) in [5.41, 5.74) is 6.40. The Balaban J connectivity index is 1.48. The average molecular weight is 431 g/mol. The lowest BCUT2D eigenvalue weighted by Gasteiger charge is -2.17. The van der Waals surface area contributed by atoms with Crippen LogP contribution >= 0.6 is 0 Å². The maximum Gasteiger partial charge on any atom is 0.148 e. The smallest absolute Gasteiger partial charge is 0.148 e. The molecule has 32 heavy (non-hydrogen) atoms. The van der Waals surface area contributed by atoms with Crippen molar-refractivity contribution >= 4 is 11.0 Å². The van der Waals surface area contributed by atoms with Crippen molar-refractivity contribution in [2.24, 2.45) is 0 Å². The van der Waals surface area contributed by atoms with Gasteiger partial charge in [-0.2, -0.15) is 0 Å². The number of rotatable bonds is 9. The van der Waals surface area contributed by atoms with E-state index in [0.29, 0.717) is 19.8 Å². The van der Waals surface area contributed by atoms with Gasteiger partial charge in [0.15, 0.2) is 0 Å². The molecule has 1 heterocycles. The Kier molecular flexibility index (Phi) is 6.88. The minimum Gasteiger partial charge on any atom is -0.485 e. The summed E-state index contributed by atoms with van der Waals surface area (Å²) in [6.45, 7) is 7.65. The summed E-state index contributed by atoms with van der Waals surface area (Å²) >= 11 is 0. The summed E-state index contributed by atoms with van der Waals surface area (Å²) in [4.78, 5) is 4.77. The molecule has 5 heteroatoms. The summed E-state index contributed by atoms with van der Waals surface area (Å²) in [6.07, 6.45) is -0.655. The van der Waals surface area contributed by atoms with Crippen LogP contribution in [0.4, 0.5) is 0 Å². The molecule has 0 aliphatic rings. The summed E-state index contributed by atoms with van der Waals surface area (Å²) < 4.78 is 14.0. The van der Waals surface area contributed by atoms with Gasteiger partial charge >= 0.3 is 0 Å². The highest BCUT2D eigenvalue weighted by Crippen LogP contribution is 2.26. The van der Waals surface area contributed by atoms with Gasteiger partial charge in [0.2, 0.25) is 0 Å². The highest BCUT2D eigenvalue weighted by molar-refractivity contribution is 5.75. The van der Waals surface area contributed by atoms with Gasteiger partial charge in [-0.15, -0.1) is 0 Å². The van der Waals surface area contributed by atoms with Crippen LogP contribution in [-0.2, 0) is 24.5 Å². The van der Waals surface area contributed by atoms with E-state index in [1.165, 1.54) is 5.56 Å². The number of benzene rings is 3. The molecule has 0 aliphatic heterocycles. The first-order valence-corrected chi connectivity index (χ1v) is 11.0. The second-order valence-corrected chi connectivity index (χ2v) is 8.30. The highest BCUT2D eigenvalue weighted by atomic mass is 16.5. The molecular formula is C27H30N2O3. The molecule has 166 valence electrons. The van der Waals surface area contributed by atoms with Crippen molar-refractivity contribution in [2.45, 2.75) is 46.6 Å². The molecular weight excluding hydrogens is 400 g/mol. The van der Waals surface area contributed by atoms with Crippen molar-refractivity contribution in [3.05, 3.63) is 94.8 Å². The van der Waals surface area contributed by atoms with E-state index in [2.05, 4.69) is 32.9 Å². The second-order valence-electron chi connectivity index (χ2n) is 8.30. The minimum atomic E-state index is -0.655. The summed E-state index contributed by atoms with van der Waals surface area (Å²) in [6, 6.07) is 22.2. The highest BCUT2D eigenvalue weighted by Gasteiger charge is 2.16. The van der Waals surface area contributed by atoms with Gasteiger partial charge in [0.25, 0.3) is 0 Å². The molecule has 0 saturated heterocycles. The van der Waals surface area contributed by atoms with Gasteiger partial charge in [0.05, 0.1) is 36.9 Å². The van der Waals surface area contributed by atoms with Crippen LogP contribution in [0.5, 0.6) is 5.75 Å². The van der Waals surface area contributed by atoms with Gasteiger partial charge in [-0.3, -0.25) is 0 Å². The predicted octanol–water partition coefficient (Wildman–Crippen LogP) is 5.12. The molecule has 5 nitrogen and oxygen atoms in total. The zero-order valence-corrected chi connectivity index (χ0v) is 18.9. The topological polar surface area (TPSA) is 56.5 Å². The first kappa shape index (κ1) is 22.1. The van der Waals surface area contributed by atoms with E-state index in [1.54, 1.807) is 0 Å². The predicted molar refractivity (Wildman–Crippen MR) is 127 cm³/mol. The molecule has 1 atom stereocenters. The lowest BCUT2D eigenvalue weighted by atomic mass is 10.1. The number of hydrogen-bond donors (Lipinski definition) is 1. The third-order valence-electron chi connectivity index (χ3n) is 5.50. The monoisotopic (exact) mass is 430 g/mol. The zero-order valence-electron chi connectivity index (χ0n) is 18.9. The van der Waals surface area contributed by atoms with Crippen LogP contribution in [0.25, 0.3) is 11.0 Å². The average Bonchev–Trinajstić information content (AvgIpc) is 3.11. The Hall–Kier alpha value is -3.15. The van der Waals surface area contributed by atoms with Crippen LogP contribution in [0, 0.1) is 20.8 Å². The van der Waals surface area contributed by atoms with Crippen molar-refractivity contribution in [2.75, 3.05) is 6.61 Å². The Bertz CT molecular complexity index is 1160. The third-order valence-corrected chi connectivity index (χ3v) is 5.50. The molecule has 4 aromatic rings. The molecule has 1 N–H and O–H groups in total. The van der Waals surface area contributed by atoms with Crippen LogP contribution in [0.15, 0.2) is 66.7 Å². The normalized spacial score (nSPS) is 12.2. The van der Waals surface area contributed by atoms with E-state index >= 15 is 0 Å². The van der Waals surface area contributed by atoms with Gasteiger partial charge in [0.1, 0.15) is 18.2 Å². The fourth-order valence-corrected chi connectivity index (χ4v) is 4.12.